The lowest BCUT2D eigenvalue weighted by molar-refractivity contribution is 1.08. The Morgan fingerprint density at radius 1 is 1.33 bits per heavy atom. The molecule has 0 saturated carbocycles. The number of thiazole rings is 1. The topological polar surface area (TPSA) is 37.8 Å². The summed E-state index contributed by atoms with van der Waals surface area (Å²) in [5, 5.41) is 4.45. The Bertz CT molecular complexity index is 411. The van der Waals surface area contributed by atoms with Crippen LogP contribution in [0.25, 0.3) is 0 Å². The highest BCUT2D eigenvalue weighted by Gasteiger charge is 1.99. The minimum absolute atomic E-state index is 0.800. The SMILES string of the molecule is CCc1ncc(CNc2ccccn2)s1. The number of nitrogens with one attached hydrogen (secondary N) is 1. The van der Waals surface area contributed by atoms with Gasteiger partial charge in [0, 0.05) is 17.3 Å². The number of nitrogens with zero attached hydrogens (tertiary/aromatic N) is 2. The van der Waals surface area contributed by atoms with E-state index in [0.717, 1.165) is 18.8 Å². The molecule has 0 aliphatic heterocycles. The third-order valence-corrected chi connectivity index (χ3v) is 3.15. The predicted octanol–water partition coefficient (Wildman–Crippen LogP) is 2.71. The fraction of sp³-hybridized carbons (Fsp3) is 0.273. The number of anilines is 1. The molecule has 78 valence electrons. The normalized spacial score (nSPS) is 10.2. The molecule has 0 atom stereocenters. The maximum Gasteiger partial charge on any atom is 0.126 e. The van der Waals surface area contributed by atoms with Crippen molar-refractivity contribution in [2.24, 2.45) is 0 Å². The number of aromatic nitrogens is 2. The molecule has 0 saturated heterocycles. The second kappa shape index (κ2) is 4.89. The number of pyridine rings is 1. The molecule has 0 aliphatic rings. The molecular weight excluding hydrogens is 206 g/mol. The molecular formula is C11H13N3S. The smallest absolute Gasteiger partial charge is 0.126 e. The summed E-state index contributed by atoms with van der Waals surface area (Å²) in [6.07, 6.45) is 4.72. The summed E-state index contributed by atoms with van der Waals surface area (Å²) in [5.41, 5.74) is 0. The molecule has 0 fully saturated rings. The van der Waals surface area contributed by atoms with Crippen molar-refractivity contribution in [1.82, 2.24) is 9.97 Å². The highest BCUT2D eigenvalue weighted by atomic mass is 32.1. The van der Waals surface area contributed by atoms with Crippen molar-refractivity contribution >= 4 is 17.2 Å². The molecule has 2 rings (SSSR count). The van der Waals surface area contributed by atoms with Crippen molar-refractivity contribution < 1.29 is 0 Å². The minimum atomic E-state index is 0.800. The van der Waals surface area contributed by atoms with Crippen molar-refractivity contribution in [3.8, 4) is 0 Å². The van der Waals surface area contributed by atoms with Gasteiger partial charge in [-0.25, -0.2) is 9.97 Å². The molecule has 3 nitrogen and oxygen atoms in total. The number of hydrogen-bond acceptors (Lipinski definition) is 4. The summed E-state index contributed by atoms with van der Waals surface area (Å²) >= 11 is 1.75. The van der Waals surface area contributed by atoms with E-state index >= 15 is 0 Å². The van der Waals surface area contributed by atoms with Crippen molar-refractivity contribution in [2.75, 3.05) is 5.32 Å². The number of rotatable bonds is 4. The van der Waals surface area contributed by atoms with E-state index < -0.39 is 0 Å². The summed E-state index contributed by atoms with van der Waals surface area (Å²) in [4.78, 5) is 9.75. The van der Waals surface area contributed by atoms with Crippen LogP contribution in [0, 0.1) is 0 Å². The van der Waals surface area contributed by atoms with Crippen molar-refractivity contribution in [2.45, 2.75) is 19.9 Å². The molecule has 0 radical (unpaired) electrons. The quantitative estimate of drug-likeness (QED) is 0.859. The third kappa shape index (κ3) is 2.76. The predicted molar refractivity (Wildman–Crippen MR) is 63.1 cm³/mol. The van der Waals surface area contributed by atoms with E-state index in [1.165, 1.54) is 9.88 Å². The van der Waals surface area contributed by atoms with Gasteiger partial charge in [0.2, 0.25) is 0 Å². The van der Waals surface area contributed by atoms with Crippen LogP contribution in [0.5, 0.6) is 0 Å². The Morgan fingerprint density at radius 2 is 2.27 bits per heavy atom. The van der Waals surface area contributed by atoms with Gasteiger partial charge in [-0.2, -0.15) is 0 Å². The first-order chi connectivity index (χ1) is 7.38. The molecule has 2 aromatic rings. The van der Waals surface area contributed by atoms with E-state index in [1.54, 1.807) is 17.5 Å². The van der Waals surface area contributed by atoms with E-state index in [1.807, 2.05) is 24.4 Å². The van der Waals surface area contributed by atoms with E-state index in [-0.39, 0.29) is 0 Å². The van der Waals surface area contributed by atoms with Crippen LogP contribution in [0.3, 0.4) is 0 Å². The first kappa shape index (κ1) is 10.1. The zero-order chi connectivity index (χ0) is 10.5. The largest absolute Gasteiger partial charge is 0.365 e. The fourth-order valence-electron chi connectivity index (χ4n) is 1.24. The van der Waals surface area contributed by atoms with Gasteiger partial charge in [-0.15, -0.1) is 11.3 Å². The summed E-state index contributed by atoms with van der Waals surface area (Å²) < 4.78 is 0. The van der Waals surface area contributed by atoms with Crippen molar-refractivity contribution in [3.63, 3.8) is 0 Å². The number of aryl methyl sites for hydroxylation is 1. The summed E-state index contributed by atoms with van der Waals surface area (Å²) in [5.74, 6) is 0.906. The Hall–Kier alpha value is -1.42. The van der Waals surface area contributed by atoms with Crippen molar-refractivity contribution in [3.05, 3.63) is 40.5 Å². The van der Waals surface area contributed by atoms with E-state index in [0.29, 0.717) is 0 Å². The summed E-state index contributed by atoms with van der Waals surface area (Å²) in [6, 6.07) is 5.84. The van der Waals surface area contributed by atoms with Crippen LogP contribution in [0.4, 0.5) is 5.82 Å². The number of hydrogen-bond donors (Lipinski definition) is 1. The van der Waals surface area contributed by atoms with E-state index in [2.05, 4.69) is 22.2 Å². The molecule has 1 N–H and O–H groups in total. The zero-order valence-corrected chi connectivity index (χ0v) is 9.42. The summed E-state index contributed by atoms with van der Waals surface area (Å²) in [7, 11) is 0. The Balaban J connectivity index is 1.93. The van der Waals surface area contributed by atoms with Gasteiger partial charge in [0.15, 0.2) is 0 Å². The molecule has 0 bridgehead atoms. The lowest BCUT2D eigenvalue weighted by Crippen LogP contribution is -1.98. The molecule has 15 heavy (non-hydrogen) atoms. The molecule has 4 heteroatoms. The molecule has 2 aromatic heterocycles. The Morgan fingerprint density at radius 3 is 2.93 bits per heavy atom. The zero-order valence-electron chi connectivity index (χ0n) is 8.60. The third-order valence-electron chi connectivity index (χ3n) is 2.01. The van der Waals surface area contributed by atoms with Gasteiger partial charge in [0.05, 0.1) is 11.6 Å². The van der Waals surface area contributed by atoms with Crippen LogP contribution in [0.15, 0.2) is 30.6 Å². The van der Waals surface area contributed by atoms with Crippen LogP contribution in [0.2, 0.25) is 0 Å². The first-order valence-electron chi connectivity index (χ1n) is 4.97. The Labute approximate surface area is 93.2 Å². The highest BCUT2D eigenvalue weighted by molar-refractivity contribution is 7.11. The first-order valence-corrected chi connectivity index (χ1v) is 5.78. The van der Waals surface area contributed by atoms with Crippen LogP contribution < -0.4 is 5.32 Å². The fourth-order valence-corrected chi connectivity index (χ4v) is 2.04. The van der Waals surface area contributed by atoms with Crippen LogP contribution >= 0.6 is 11.3 Å². The monoisotopic (exact) mass is 219 g/mol. The van der Waals surface area contributed by atoms with Gasteiger partial charge in [-0.1, -0.05) is 13.0 Å². The van der Waals surface area contributed by atoms with Crippen molar-refractivity contribution in [1.29, 1.82) is 0 Å². The molecule has 0 aromatic carbocycles. The second-order valence-electron chi connectivity index (χ2n) is 3.14. The van der Waals surface area contributed by atoms with Gasteiger partial charge in [-0.3, -0.25) is 0 Å². The summed E-state index contributed by atoms with van der Waals surface area (Å²) in [6.45, 7) is 2.92. The maximum absolute atomic E-state index is 4.31. The van der Waals surface area contributed by atoms with Gasteiger partial charge in [-0.05, 0) is 18.6 Å². The van der Waals surface area contributed by atoms with E-state index in [9.17, 15) is 0 Å². The Kier molecular flexibility index (Phi) is 3.29. The average Bonchev–Trinajstić information content (AvgIpc) is 2.76. The van der Waals surface area contributed by atoms with Crippen LogP contribution in [-0.4, -0.2) is 9.97 Å². The molecule has 0 amide bonds. The molecule has 0 unspecified atom stereocenters. The highest BCUT2D eigenvalue weighted by Crippen LogP contribution is 2.14. The minimum Gasteiger partial charge on any atom is -0.365 e. The standard InChI is InChI=1S/C11H13N3S/c1-2-11-14-8-9(15-11)7-13-10-5-3-4-6-12-10/h3-6,8H,2,7H2,1H3,(H,12,13). The van der Waals surface area contributed by atoms with E-state index in [4.69, 9.17) is 0 Å². The van der Waals surface area contributed by atoms with Crippen LogP contribution in [0.1, 0.15) is 16.8 Å². The maximum atomic E-state index is 4.31. The lowest BCUT2D eigenvalue weighted by atomic mass is 10.4. The molecule has 0 aliphatic carbocycles. The van der Waals surface area contributed by atoms with Gasteiger partial charge in [0.1, 0.15) is 5.82 Å². The van der Waals surface area contributed by atoms with Gasteiger partial charge < -0.3 is 5.32 Å². The molecule has 2 heterocycles. The van der Waals surface area contributed by atoms with Gasteiger partial charge in [0.25, 0.3) is 0 Å². The molecule has 0 spiro atoms. The van der Waals surface area contributed by atoms with Gasteiger partial charge >= 0.3 is 0 Å². The average molecular weight is 219 g/mol. The lowest BCUT2D eigenvalue weighted by Gasteiger charge is -2.01. The second-order valence-corrected chi connectivity index (χ2v) is 4.34. The van der Waals surface area contributed by atoms with Crippen LogP contribution in [-0.2, 0) is 13.0 Å².